The number of pyridine rings is 2. The number of nitrogens with one attached hydrogen (secondary N) is 1. The van der Waals surface area contributed by atoms with Gasteiger partial charge < -0.3 is 5.32 Å². The number of fused-ring (bicyclic) bond motifs is 1. The number of carbonyl (C=O) groups excluding carboxylic acids is 1. The number of benzene rings is 2. The van der Waals surface area contributed by atoms with Gasteiger partial charge in [0.05, 0.1) is 11.2 Å². The fourth-order valence-electron chi connectivity index (χ4n) is 2.83. The molecule has 126 valence electrons. The molecule has 26 heavy (non-hydrogen) atoms. The maximum atomic E-state index is 12.5. The third-order valence-corrected chi connectivity index (χ3v) is 4.20. The molecule has 2 aromatic carbocycles. The fourth-order valence-corrected chi connectivity index (χ4v) is 2.83. The van der Waals surface area contributed by atoms with E-state index in [1.54, 1.807) is 6.20 Å². The van der Waals surface area contributed by atoms with E-state index < -0.39 is 0 Å². The van der Waals surface area contributed by atoms with Crippen LogP contribution in [0.2, 0.25) is 0 Å². The van der Waals surface area contributed by atoms with Crippen LogP contribution >= 0.6 is 0 Å². The number of aromatic nitrogens is 2. The Morgan fingerprint density at radius 1 is 0.923 bits per heavy atom. The molecule has 4 rings (SSSR count). The van der Waals surface area contributed by atoms with Gasteiger partial charge in [0.2, 0.25) is 0 Å². The average Bonchev–Trinajstić information content (AvgIpc) is 2.68. The van der Waals surface area contributed by atoms with E-state index in [4.69, 9.17) is 0 Å². The Morgan fingerprint density at radius 2 is 1.73 bits per heavy atom. The summed E-state index contributed by atoms with van der Waals surface area (Å²) in [5, 5.41) is 3.98. The van der Waals surface area contributed by atoms with Gasteiger partial charge in [-0.3, -0.25) is 14.8 Å². The summed E-state index contributed by atoms with van der Waals surface area (Å²) >= 11 is 0. The molecule has 4 aromatic rings. The van der Waals surface area contributed by atoms with Crippen LogP contribution in [0.5, 0.6) is 0 Å². The van der Waals surface area contributed by atoms with E-state index in [1.165, 1.54) is 0 Å². The van der Waals surface area contributed by atoms with Crippen molar-refractivity contribution in [1.82, 2.24) is 9.97 Å². The maximum Gasteiger partial charge on any atom is 0.255 e. The van der Waals surface area contributed by atoms with Crippen molar-refractivity contribution in [2.45, 2.75) is 6.92 Å². The molecular formula is C22H17N3O. The van der Waals surface area contributed by atoms with Crippen molar-refractivity contribution in [3.63, 3.8) is 0 Å². The molecule has 0 atom stereocenters. The molecule has 0 spiro atoms. The molecule has 0 aliphatic heterocycles. The van der Waals surface area contributed by atoms with E-state index in [1.807, 2.05) is 79.7 Å². The van der Waals surface area contributed by atoms with Crippen molar-refractivity contribution in [1.29, 1.82) is 0 Å². The molecular weight excluding hydrogens is 322 g/mol. The van der Waals surface area contributed by atoms with Crippen molar-refractivity contribution in [3.05, 3.63) is 90.3 Å². The normalized spacial score (nSPS) is 10.7. The highest BCUT2D eigenvalue weighted by Gasteiger charge is 2.08. The molecule has 0 radical (unpaired) electrons. The topological polar surface area (TPSA) is 54.9 Å². The van der Waals surface area contributed by atoms with Crippen LogP contribution in [-0.2, 0) is 0 Å². The van der Waals surface area contributed by atoms with Crippen LogP contribution in [0.15, 0.2) is 79.0 Å². The molecule has 2 heterocycles. The number of carbonyl (C=O) groups is 1. The number of amides is 1. The minimum atomic E-state index is -0.149. The van der Waals surface area contributed by atoms with E-state index in [2.05, 4.69) is 15.3 Å². The number of anilines is 1. The zero-order chi connectivity index (χ0) is 17.9. The monoisotopic (exact) mass is 339 g/mol. The van der Waals surface area contributed by atoms with Crippen molar-refractivity contribution >= 4 is 22.5 Å². The van der Waals surface area contributed by atoms with Crippen molar-refractivity contribution in [2.24, 2.45) is 0 Å². The SMILES string of the molecule is Cc1ccc2ccc(NC(=O)c3ccc(-c4ccccn4)cc3)cc2n1. The van der Waals surface area contributed by atoms with Gasteiger partial charge in [0.15, 0.2) is 0 Å². The highest BCUT2D eigenvalue weighted by molar-refractivity contribution is 6.05. The largest absolute Gasteiger partial charge is 0.322 e. The molecule has 1 amide bonds. The van der Waals surface area contributed by atoms with Crippen LogP contribution in [0, 0.1) is 6.92 Å². The summed E-state index contributed by atoms with van der Waals surface area (Å²) in [5.41, 5.74) is 5.01. The maximum absolute atomic E-state index is 12.5. The number of nitrogens with zero attached hydrogens (tertiary/aromatic N) is 2. The Labute approximate surface area is 151 Å². The minimum absolute atomic E-state index is 0.149. The van der Waals surface area contributed by atoms with E-state index in [0.717, 1.165) is 33.5 Å². The molecule has 0 saturated carbocycles. The second kappa shape index (κ2) is 6.76. The van der Waals surface area contributed by atoms with Gasteiger partial charge in [-0.15, -0.1) is 0 Å². The zero-order valence-electron chi connectivity index (χ0n) is 14.3. The highest BCUT2D eigenvalue weighted by atomic mass is 16.1. The van der Waals surface area contributed by atoms with Gasteiger partial charge in [0, 0.05) is 34.1 Å². The molecule has 2 aromatic heterocycles. The first-order chi connectivity index (χ1) is 12.7. The number of hydrogen-bond acceptors (Lipinski definition) is 3. The second-order valence-electron chi connectivity index (χ2n) is 6.11. The summed E-state index contributed by atoms with van der Waals surface area (Å²) in [6.07, 6.45) is 1.76. The quantitative estimate of drug-likeness (QED) is 0.580. The van der Waals surface area contributed by atoms with Gasteiger partial charge in [0.25, 0.3) is 5.91 Å². The Kier molecular flexibility index (Phi) is 4.15. The highest BCUT2D eigenvalue weighted by Crippen LogP contribution is 2.20. The summed E-state index contributed by atoms with van der Waals surface area (Å²) in [6, 6.07) is 22.9. The standard InChI is InChI=1S/C22H17N3O/c1-15-5-6-17-11-12-19(14-21(17)24-15)25-22(26)18-9-7-16(8-10-18)20-4-2-3-13-23-20/h2-14H,1H3,(H,25,26). The predicted octanol–water partition coefficient (Wildman–Crippen LogP) is 4.86. The third-order valence-electron chi connectivity index (χ3n) is 4.20. The summed E-state index contributed by atoms with van der Waals surface area (Å²) in [4.78, 5) is 21.3. The number of rotatable bonds is 3. The second-order valence-corrected chi connectivity index (χ2v) is 6.11. The van der Waals surface area contributed by atoms with Crippen molar-refractivity contribution in [3.8, 4) is 11.3 Å². The van der Waals surface area contributed by atoms with Crippen LogP contribution in [0.3, 0.4) is 0 Å². The molecule has 0 unspecified atom stereocenters. The molecule has 0 bridgehead atoms. The van der Waals surface area contributed by atoms with Crippen LogP contribution < -0.4 is 5.32 Å². The van der Waals surface area contributed by atoms with Crippen LogP contribution in [0.1, 0.15) is 16.1 Å². The van der Waals surface area contributed by atoms with Gasteiger partial charge in [-0.05, 0) is 49.4 Å². The van der Waals surface area contributed by atoms with Crippen molar-refractivity contribution in [2.75, 3.05) is 5.32 Å². The lowest BCUT2D eigenvalue weighted by Crippen LogP contribution is -2.11. The molecule has 1 N–H and O–H groups in total. The van der Waals surface area contributed by atoms with Gasteiger partial charge in [-0.1, -0.05) is 30.3 Å². The molecule has 0 aliphatic carbocycles. The number of hydrogen-bond donors (Lipinski definition) is 1. The first-order valence-corrected chi connectivity index (χ1v) is 8.39. The summed E-state index contributed by atoms with van der Waals surface area (Å²) in [7, 11) is 0. The number of aryl methyl sites for hydroxylation is 1. The van der Waals surface area contributed by atoms with Gasteiger partial charge in [0.1, 0.15) is 0 Å². The fraction of sp³-hybridized carbons (Fsp3) is 0.0455. The molecule has 4 nitrogen and oxygen atoms in total. The van der Waals surface area contributed by atoms with E-state index in [-0.39, 0.29) is 5.91 Å². The third kappa shape index (κ3) is 3.30. The molecule has 0 aliphatic rings. The Hall–Kier alpha value is -3.53. The molecule has 0 fully saturated rings. The summed E-state index contributed by atoms with van der Waals surface area (Å²) in [6.45, 7) is 1.95. The van der Waals surface area contributed by atoms with Crippen LogP contribution in [-0.4, -0.2) is 15.9 Å². The lowest BCUT2D eigenvalue weighted by atomic mass is 10.1. The molecule has 4 heteroatoms. The van der Waals surface area contributed by atoms with E-state index >= 15 is 0 Å². The summed E-state index contributed by atoms with van der Waals surface area (Å²) in [5.74, 6) is -0.149. The first kappa shape index (κ1) is 16.0. The van der Waals surface area contributed by atoms with Crippen LogP contribution in [0.4, 0.5) is 5.69 Å². The Balaban J connectivity index is 1.54. The zero-order valence-corrected chi connectivity index (χ0v) is 14.3. The van der Waals surface area contributed by atoms with E-state index in [0.29, 0.717) is 5.56 Å². The molecule has 0 saturated heterocycles. The lowest BCUT2D eigenvalue weighted by Gasteiger charge is -2.08. The minimum Gasteiger partial charge on any atom is -0.322 e. The lowest BCUT2D eigenvalue weighted by molar-refractivity contribution is 0.102. The van der Waals surface area contributed by atoms with Gasteiger partial charge in [-0.2, -0.15) is 0 Å². The van der Waals surface area contributed by atoms with Crippen molar-refractivity contribution < 1.29 is 4.79 Å². The average molecular weight is 339 g/mol. The van der Waals surface area contributed by atoms with Gasteiger partial charge in [-0.25, -0.2) is 0 Å². The smallest absolute Gasteiger partial charge is 0.255 e. The predicted molar refractivity (Wildman–Crippen MR) is 104 cm³/mol. The van der Waals surface area contributed by atoms with E-state index in [9.17, 15) is 4.79 Å². The Morgan fingerprint density at radius 3 is 2.50 bits per heavy atom. The van der Waals surface area contributed by atoms with Crippen LogP contribution in [0.25, 0.3) is 22.2 Å². The summed E-state index contributed by atoms with van der Waals surface area (Å²) < 4.78 is 0. The Bertz CT molecular complexity index is 1070. The van der Waals surface area contributed by atoms with Gasteiger partial charge >= 0.3 is 0 Å². The first-order valence-electron chi connectivity index (χ1n) is 8.39.